The van der Waals surface area contributed by atoms with Gasteiger partial charge >= 0.3 is 0 Å². The van der Waals surface area contributed by atoms with Crippen molar-refractivity contribution < 1.29 is 17.9 Å². The van der Waals surface area contributed by atoms with Crippen LogP contribution in [0.3, 0.4) is 0 Å². The second kappa shape index (κ2) is 10.1. The fourth-order valence-electron chi connectivity index (χ4n) is 3.10. The number of carbonyl (C=O) groups excluding carboxylic acids is 1. The quantitative estimate of drug-likeness (QED) is 0.408. The third kappa shape index (κ3) is 5.54. The maximum absolute atomic E-state index is 13.3. The van der Waals surface area contributed by atoms with E-state index >= 15 is 0 Å². The second-order valence-corrected chi connectivity index (χ2v) is 9.76. The summed E-state index contributed by atoms with van der Waals surface area (Å²) in [6, 6.07) is 20.4. The first-order valence-electron chi connectivity index (χ1n) is 9.94. The molecule has 0 bridgehead atoms. The van der Waals surface area contributed by atoms with E-state index in [9.17, 15) is 13.2 Å². The molecule has 162 valence electrons. The molecule has 0 atom stereocenters. The Bertz CT molecular complexity index is 1150. The maximum Gasteiger partial charge on any atom is 0.278 e. The maximum atomic E-state index is 13.3. The normalized spacial score (nSPS) is 11.2. The van der Waals surface area contributed by atoms with Crippen LogP contribution in [0.1, 0.15) is 24.5 Å². The molecule has 0 saturated carbocycles. The number of nitrogens with zero attached hydrogens (tertiary/aromatic N) is 1. The zero-order valence-electron chi connectivity index (χ0n) is 17.4. The number of aryl methyl sites for hydroxylation is 2. The van der Waals surface area contributed by atoms with Gasteiger partial charge in [0.05, 0.1) is 15.1 Å². The van der Waals surface area contributed by atoms with Crippen LogP contribution in [0, 0.1) is 6.92 Å². The summed E-state index contributed by atoms with van der Waals surface area (Å²) in [5, 5.41) is 0. The topological polar surface area (TPSA) is 63.7 Å². The van der Waals surface area contributed by atoms with Crippen LogP contribution < -0.4 is 9.04 Å². The summed E-state index contributed by atoms with van der Waals surface area (Å²) in [6.07, 6.45) is 1.96. The molecule has 0 aliphatic rings. The van der Waals surface area contributed by atoms with E-state index in [1.165, 1.54) is 12.1 Å². The fourth-order valence-corrected chi connectivity index (χ4v) is 5.05. The Labute approximate surface area is 191 Å². The van der Waals surface area contributed by atoms with Crippen molar-refractivity contribution in [3.8, 4) is 5.75 Å². The van der Waals surface area contributed by atoms with Crippen LogP contribution in [0.25, 0.3) is 0 Å². The number of benzene rings is 3. The smallest absolute Gasteiger partial charge is 0.278 e. The van der Waals surface area contributed by atoms with Crippen molar-refractivity contribution in [2.75, 3.05) is 10.9 Å². The SMILES string of the molecule is CCCc1ccc(OCC(=O)N(c2ccccc2)S(=O)(=O)c2ccc(C)cc2)c(Br)c1. The van der Waals surface area contributed by atoms with E-state index in [0.29, 0.717) is 5.75 Å². The Morgan fingerprint density at radius 2 is 1.68 bits per heavy atom. The monoisotopic (exact) mass is 501 g/mol. The zero-order chi connectivity index (χ0) is 22.4. The van der Waals surface area contributed by atoms with Gasteiger partial charge in [-0.05, 0) is 71.2 Å². The lowest BCUT2D eigenvalue weighted by molar-refractivity contribution is -0.119. The van der Waals surface area contributed by atoms with E-state index in [2.05, 4.69) is 22.9 Å². The molecule has 0 fully saturated rings. The van der Waals surface area contributed by atoms with Gasteiger partial charge in [0.15, 0.2) is 6.61 Å². The summed E-state index contributed by atoms with van der Waals surface area (Å²) in [7, 11) is -4.11. The average Bonchev–Trinajstić information content (AvgIpc) is 2.74. The number of halogens is 1. The molecule has 3 rings (SSSR count). The lowest BCUT2D eigenvalue weighted by Crippen LogP contribution is -2.40. The van der Waals surface area contributed by atoms with Crippen molar-refractivity contribution in [3.05, 3.63) is 88.4 Å². The van der Waals surface area contributed by atoms with Gasteiger partial charge in [0.2, 0.25) is 0 Å². The largest absolute Gasteiger partial charge is 0.483 e. The highest BCUT2D eigenvalue weighted by Crippen LogP contribution is 2.28. The first-order valence-corrected chi connectivity index (χ1v) is 12.2. The van der Waals surface area contributed by atoms with Gasteiger partial charge < -0.3 is 4.74 Å². The van der Waals surface area contributed by atoms with Crippen molar-refractivity contribution >= 4 is 37.5 Å². The van der Waals surface area contributed by atoms with Gasteiger partial charge in [0, 0.05) is 0 Å². The van der Waals surface area contributed by atoms with Gasteiger partial charge in [0.25, 0.3) is 15.9 Å². The number of anilines is 1. The molecule has 0 spiro atoms. The number of amides is 1. The van der Waals surface area contributed by atoms with Crippen LogP contribution in [0.4, 0.5) is 5.69 Å². The van der Waals surface area contributed by atoms with Crippen molar-refractivity contribution in [1.29, 1.82) is 0 Å². The highest BCUT2D eigenvalue weighted by atomic mass is 79.9. The molecular formula is C24H24BrNO4S. The third-order valence-electron chi connectivity index (χ3n) is 4.66. The third-order valence-corrected chi connectivity index (χ3v) is 7.05. The Morgan fingerprint density at radius 1 is 1.00 bits per heavy atom. The van der Waals surface area contributed by atoms with Gasteiger partial charge in [-0.1, -0.05) is 55.3 Å². The molecule has 0 unspecified atom stereocenters. The minimum Gasteiger partial charge on any atom is -0.483 e. The van der Waals surface area contributed by atoms with Crippen LogP contribution in [0.5, 0.6) is 5.75 Å². The first-order chi connectivity index (χ1) is 14.8. The summed E-state index contributed by atoms with van der Waals surface area (Å²) in [4.78, 5) is 13.1. The molecule has 0 heterocycles. The number of para-hydroxylation sites is 1. The summed E-state index contributed by atoms with van der Waals surface area (Å²) >= 11 is 3.46. The first kappa shape index (κ1) is 23.0. The summed E-state index contributed by atoms with van der Waals surface area (Å²) in [5.74, 6) is -0.203. The van der Waals surface area contributed by atoms with E-state index in [-0.39, 0.29) is 10.6 Å². The van der Waals surface area contributed by atoms with Crippen LogP contribution in [0.2, 0.25) is 0 Å². The van der Waals surface area contributed by atoms with Crippen LogP contribution in [-0.4, -0.2) is 20.9 Å². The van der Waals surface area contributed by atoms with Crippen molar-refractivity contribution in [2.24, 2.45) is 0 Å². The van der Waals surface area contributed by atoms with E-state index in [1.807, 2.05) is 19.1 Å². The molecule has 7 heteroatoms. The van der Waals surface area contributed by atoms with E-state index in [0.717, 1.165) is 32.7 Å². The minimum absolute atomic E-state index is 0.0420. The van der Waals surface area contributed by atoms with Crippen molar-refractivity contribution in [2.45, 2.75) is 31.6 Å². The number of carbonyl (C=O) groups is 1. The standard InChI is InChI=1S/C24H24BrNO4S/c1-3-7-19-12-15-23(22(25)16-19)30-17-24(27)26(20-8-5-4-6-9-20)31(28,29)21-13-10-18(2)11-14-21/h4-6,8-16H,3,7,17H2,1-2H3. The average molecular weight is 502 g/mol. The molecule has 0 N–H and O–H groups in total. The number of hydrogen-bond acceptors (Lipinski definition) is 4. The molecule has 31 heavy (non-hydrogen) atoms. The number of ether oxygens (including phenoxy) is 1. The van der Waals surface area contributed by atoms with E-state index in [4.69, 9.17) is 4.74 Å². The molecule has 0 aliphatic carbocycles. The van der Waals surface area contributed by atoms with Crippen molar-refractivity contribution in [3.63, 3.8) is 0 Å². The van der Waals surface area contributed by atoms with Crippen molar-refractivity contribution in [1.82, 2.24) is 0 Å². The summed E-state index contributed by atoms with van der Waals surface area (Å²) in [5.41, 5.74) is 2.34. The number of sulfonamides is 1. The molecule has 3 aromatic carbocycles. The predicted octanol–water partition coefficient (Wildman–Crippen LogP) is 5.51. The van der Waals surface area contributed by atoms with Crippen LogP contribution in [-0.2, 0) is 21.2 Å². The molecule has 0 aromatic heterocycles. The lowest BCUT2D eigenvalue weighted by atomic mass is 10.1. The van der Waals surface area contributed by atoms with E-state index in [1.54, 1.807) is 48.5 Å². The van der Waals surface area contributed by atoms with Gasteiger partial charge in [-0.25, -0.2) is 8.42 Å². The van der Waals surface area contributed by atoms with Gasteiger partial charge in [-0.15, -0.1) is 0 Å². The highest BCUT2D eigenvalue weighted by molar-refractivity contribution is 9.10. The number of rotatable bonds is 8. The van der Waals surface area contributed by atoms with E-state index < -0.39 is 22.5 Å². The van der Waals surface area contributed by atoms with Gasteiger partial charge in [-0.3, -0.25) is 4.79 Å². The summed E-state index contributed by atoms with van der Waals surface area (Å²) in [6.45, 7) is 3.54. The predicted molar refractivity (Wildman–Crippen MR) is 126 cm³/mol. The molecule has 3 aromatic rings. The zero-order valence-corrected chi connectivity index (χ0v) is 19.8. The molecule has 5 nitrogen and oxygen atoms in total. The Morgan fingerprint density at radius 3 is 2.29 bits per heavy atom. The molecule has 0 aliphatic heterocycles. The second-order valence-electron chi connectivity index (χ2n) is 7.12. The summed E-state index contributed by atoms with van der Waals surface area (Å²) < 4.78 is 33.8. The minimum atomic E-state index is -4.11. The Balaban J connectivity index is 1.88. The molecule has 1 amide bonds. The molecule has 0 radical (unpaired) electrons. The molecular weight excluding hydrogens is 478 g/mol. The number of hydrogen-bond donors (Lipinski definition) is 0. The van der Waals surface area contributed by atoms with Crippen LogP contribution in [0.15, 0.2) is 82.2 Å². The Kier molecular flexibility index (Phi) is 7.51. The highest BCUT2D eigenvalue weighted by Gasteiger charge is 2.31. The fraction of sp³-hybridized carbons (Fsp3) is 0.208. The Hall–Kier alpha value is -2.64. The van der Waals surface area contributed by atoms with Crippen LogP contribution >= 0.6 is 15.9 Å². The van der Waals surface area contributed by atoms with Gasteiger partial charge in [0.1, 0.15) is 5.75 Å². The molecule has 0 saturated heterocycles. The lowest BCUT2D eigenvalue weighted by Gasteiger charge is -2.23. The van der Waals surface area contributed by atoms with Gasteiger partial charge in [-0.2, -0.15) is 4.31 Å².